The zero-order chi connectivity index (χ0) is 9.84. The number of rotatable bonds is 3. The molecule has 0 aliphatic heterocycles. The average molecular weight is 220 g/mol. The summed E-state index contributed by atoms with van der Waals surface area (Å²) in [5, 5.41) is 3.91. The van der Waals surface area contributed by atoms with E-state index in [0.29, 0.717) is 12.2 Å². The number of ether oxygens (including phenoxy) is 1. The van der Waals surface area contributed by atoms with Crippen molar-refractivity contribution in [1.82, 2.24) is 9.78 Å². The molecule has 1 atom stereocenters. The monoisotopic (exact) mass is 219 g/mol. The van der Waals surface area contributed by atoms with Crippen LogP contribution in [0.4, 0.5) is 0 Å². The van der Waals surface area contributed by atoms with Crippen molar-refractivity contribution in [3.05, 3.63) is 18.0 Å². The Bertz CT molecular complexity index is 301. The van der Waals surface area contributed by atoms with Crippen LogP contribution in [-0.2, 0) is 16.6 Å². The van der Waals surface area contributed by atoms with E-state index >= 15 is 0 Å². The minimum atomic E-state index is -0.728. The summed E-state index contributed by atoms with van der Waals surface area (Å²) >= 11 is 0. The van der Waals surface area contributed by atoms with Gasteiger partial charge in [-0.2, -0.15) is 5.10 Å². The van der Waals surface area contributed by atoms with E-state index in [1.807, 2.05) is 0 Å². The summed E-state index contributed by atoms with van der Waals surface area (Å²) in [6.07, 6.45) is 3.25. The number of esters is 1. The Kier molecular flexibility index (Phi) is 5.19. The van der Waals surface area contributed by atoms with Crippen molar-refractivity contribution in [2.75, 3.05) is 6.61 Å². The quantitative estimate of drug-likeness (QED) is 0.748. The van der Waals surface area contributed by atoms with Crippen LogP contribution < -0.4 is 5.73 Å². The third-order valence-electron chi connectivity index (χ3n) is 1.62. The molecular weight excluding hydrogens is 206 g/mol. The number of hydrogen-bond donors (Lipinski definition) is 1. The number of aromatic nitrogens is 2. The molecule has 0 aromatic carbocycles. The van der Waals surface area contributed by atoms with Crippen LogP contribution in [0.1, 0.15) is 18.5 Å². The molecule has 0 amide bonds. The van der Waals surface area contributed by atoms with Gasteiger partial charge in [0.1, 0.15) is 6.04 Å². The van der Waals surface area contributed by atoms with Gasteiger partial charge in [0.2, 0.25) is 0 Å². The van der Waals surface area contributed by atoms with Crippen LogP contribution in [0.15, 0.2) is 12.4 Å². The summed E-state index contributed by atoms with van der Waals surface area (Å²) in [5.74, 6) is -0.421. The summed E-state index contributed by atoms with van der Waals surface area (Å²) in [6, 6.07) is -0.728. The van der Waals surface area contributed by atoms with Gasteiger partial charge in [0, 0.05) is 18.8 Å². The van der Waals surface area contributed by atoms with E-state index in [-0.39, 0.29) is 12.4 Å². The van der Waals surface area contributed by atoms with Crippen molar-refractivity contribution in [2.24, 2.45) is 12.8 Å². The summed E-state index contributed by atoms with van der Waals surface area (Å²) in [7, 11) is 1.77. The zero-order valence-corrected chi connectivity index (χ0v) is 8.95. The van der Waals surface area contributed by atoms with Gasteiger partial charge in [-0.1, -0.05) is 0 Å². The SMILES string of the molecule is CCOC(=O)C(N)c1cnn(C)c1.Cl. The van der Waals surface area contributed by atoms with Crippen LogP contribution in [0.5, 0.6) is 0 Å². The van der Waals surface area contributed by atoms with E-state index in [9.17, 15) is 4.79 Å². The first-order chi connectivity index (χ1) is 6.15. The summed E-state index contributed by atoms with van der Waals surface area (Å²) < 4.78 is 6.36. The Morgan fingerprint density at radius 2 is 2.43 bits per heavy atom. The molecule has 1 unspecified atom stereocenters. The van der Waals surface area contributed by atoms with Crippen LogP contribution in [-0.4, -0.2) is 22.4 Å². The van der Waals surface area contributed by atoms with Gasteiger partial charge in [-0.25, -0.2) is 4.79 Å². The lowest BCUT2D eigenvalue weighted by molar-refractivity contribution is -0.144. The molecule has 80 valence electrons. The van der Waals surface area contributed by atoms with E-state index in [1.54, 1.807) is 31.0 Å². The molecule has 1 aromatic heterocycles. The molecule has 0 spiro atoms. The third-order valence-corrected chi connectivity index (χ3v) is 1.62. The predicted octanol–water partition coefficient (Wildman–Crippen LogP) is 0.405. The van der Waals surface area contributed by atoms with E-state index in [4.69, 9.17) is 10.5 Å². The van der Waals surface area contributed by atoms with Gasteiger partial charge in [-0.05, 0) is 6.92 Å². The second-order valence-electron chi connectivity index (χ2n) is 2.68. The molecule has 14 heavy (non-hydrogen) atoms. The molecule has 1 rings (SSSR count). The second kappa shape index (κ2) is 5.62. The fraction of sp³-hybridized carbons (Fsp3) is 0.500. The molecule has 0 saturated carbocycles. The molecule has 0 saturated heterocycles. The van der Waals surface area contributed by atoms with Gasteiger partial charge in [0.05, 0.1) is 12.8 Å². The van der Waals surface area contributed by atoms with Crippen molar-refractivity contribution in [1.29, 1.82) is 0 Å². The minimum Gasteiger partial charge on any atom is -0.465 e. The molecule has 5 nitrogen and oxygen atoms in total. The van der Waals surface area contributed by atoms with E-state index in [2.05, 4.69) is 5.10 Å². The van der Waals surface area contributed by atoms with Gasteiger partial charge in [0.25, 0.3) is 0 Å². The fourth-order valence-electron chi connectivity index (χ4n) is 0.969. The molecule has 1 aromatic rings. The lowest BCUT2D eigenvalue weighted by Crippen LogP contribution is -2.23. The van der Waals surface area contributed by atoms with Gasteiger partial charge in [0.15, 0.2) is 0 Å². The molecule has 6 heteroatoms. The Morgan fingerprint density at radius 3 is 2.86 bits per heavy atom. The highest BCUT2D eigenvalue weighted by molar-refractivity contribution is 5.85. The first kappa shape index (κ1) is 12.9. The van der Waals surface area contributed by atoms with Crippen molar-refractivity contribution >= 4 is 18.4 Å². The molecule has 0 aliphatic carbocycles. The molecule has 0 bridgehead atoms. The van der Waals surface area contributed by atoms with Crippen LogP contribution in [0.3, 0.4) is 0 Å². The van der Waals surface area contributed by atoms with Crippen LogP contribution >= 0.6 is 12.4 Å². The normalized spacial score (nSPS) is 11.6. The van der Waals surface area contributed by atoms with E-state index < -0.39 is 12.0 Å². The highest BCUT2D eigenvalue weighted by Crippen LogP contribution is 2.09. The van der Waals surface area contributed by atoms with Crippen molar-refractivity contribution in [2.45, 2.75) is 13.0 Å². The second-order valence-corrected chi connectivity index (χ2v) is 2.68. The first-order valence-corrected chi connectivity index (χ1v) is 4.06. The predicted molar refractivity (Wildman–Crippen MR) is 54.0 cm³/mol. The maximum atomic E-state index is 11.2. The standard InChI is InChI=1S/C8H13N3O2.ClH/c1-3-13-8(12)7(9)6-4-10-11(2)5-6;/h4-5,7H,3,9H2,1-2H3;1H. The van der Waals surface area contributed by atoms with Crippen molar-refractivity contribution in [3.8, 4) is 0 Å². The summed E-state index contributed by atoms with van der Waals surface area (Å²) in [5.41, 5.74) is 6.28. The minimum absolute atomic E-state index is 0. The number of nitrogens with zero attached hydrogens (tertiary/aromatic N) is 2. The molecular formula is C8H14ClN3O2. The van der Waals surface area contributed by atoms with Crippen LogP contribution in [0.25, 0.3) is 0 Å². The smallest absolute Gasteiger partial charge is 0.327 e. The Morgan fingerprint density at radius 1 is 1.79 bits per heavy atom. The van der Waals surface area contributed by atoms with Crippen molar-refractivity contribution < 1.29 is 9.53 Å². The number of carbonyl (C=O) groups excluding carboxylic acids is 1. The highest BCUT2D eigenvalue weighted by atomic mass is 35.5. The summed E-state index contributed by atoms with van der Waals surface area (Å²) in [4.78, 5) is 11.2. The largest absolute Gasteiger partial charge is 0.465 e. The average Bonchev–Trinajstić information content (AvgIpc) is 2.51. The van der Waals surface area contributed by atoms with Crippen molar-refractivity contribution in [3.63, 3.8) is 0 Å². The summed E-state index contributed by atoms with van der Waals surface area (Å²) in [6.45, 7) is 2.08. The van der Waals surface area contributed by atoms with E-state index in [0.717, 1.165) is 0 Å². The third kappa shape index (κ3) is 3.01. The lowest BCUT2D eigenvalue weighted by atomic mass is 10.2. The molecule has 1 heterocycles. The topological polar surface area (TPSA) is 70.1 Å². The van der Waals surface area contributed by atoms with Crippen LogP contribution in [0, 0.1) is 0 Å². The Labute approximate surface area is 88.6 Å². The van der Waals surface area contributed by atoms with Gasteiger partial charge >= 0.3 is 5.97 Å². The lowest BCUT2D eigenvalue weighted by Gasteiger charge is -2.07. The molecule has 0 aliphatic rings. The fourth-order valence-corrected chi connectivity index (χ4v) is 0.969. The highest BCUT2D eigenvalue weighted by Gasteiger charge is 2.17. The molecule has 0 radical (unpaired) electrons. The van der Waals surface area contributed by atoms with E-state index in [1.165, 1.54) is 0 Å². The number of carbonyl (C=O) groups is 1. The number of aryl methyl sites for hydroxylation is 1. The van der Waals surface area contributed by atoms with Gasteiger partial charge < -0.3 is 10.5 Å². The van der Waals surface area contributed by atoms with Crippen LogP contribution in [0.2, 0.25) is 0 Å². The molecule has 2 N–H and O–H groups in total. The number of halogens is 1. The first-order valence-electron chi connectivity index (χ1n) is 4.06. The maximum Gasteiger partial charge on any atom is 0.327 e. The maximum absolute atomic E-state index is 11.2. The van der Waals surface area contributed by atoms with Gasteiger partial charge in [-0.15, -0.1) is 12.4 Å². The Balaban J connectivity index is 0.00000169. The van der Waals surface area contributed by atoms with Gasteiger partial charge in [-0.3, -0.25) is 4.68 Å². The number of hydrogen-bond acceptors (Lipinski definition) is 4. The number of nitrogens with two attached hydrogens (primary N) is 1. The Hall–Kier alpha value is -1.07. The zero-order valence-electron chi connectivity index (χ0n) is 8.14. The molecule has 0 fully saturated rings.